The zero-order valence-electron chi connectivity index (χ0n) is 12.5. The average Bonchev–Trinajstić information content (AvgIpc) is 3.13. The predicted molar refractivity (Wildman–Crippen MR) is 92.2 cm³/mol. The van der Waals surface area contributed by atoms with E-state index in [1.807, 2.05) is 50.2 Å². The first-order chi connectivity index (χ1) is 10.6. The Labute approximate surface area is 136 Å². The molecular formula is C15H16N4OS2. The second-order valence-electron chi connectivity index (χ2n) is 5.12. The van der Waals surface area contributed by atoms with E-state index in [4.69, 9.17) is 0 Å². The molecule has 0 saturated heterocycles. The van der Waals surface area contributed by atoms with Crippen LogP contribution in [0.1, 0.15) is 17.3 Å². The van der Waals surface area contributed by atoms with Crippen molar-refractivity contribution >= 4 is 44.9 Å². The minimum atomic E-state index is -0.206. The molecule has 1 aromatic carbocycles. The number of Topliss-reactive ketones (excluding diaryl/α,β-unsaturated/α-hetero) is 1. The number of para-hydroxylation sites is 1. The monoisotopic (exact) mass is 332 g/mol. The number of thioether (sulfide) groups is 1. The topological polar surface area (TPSA) is 61.9 Å². The molecule has 0 aliphatic carbocycles. The number of carbonyl (C=O) groups excluding carboxylic acids is 1. The van der Waals surface area contributed by atoms with Gasteiger partial charge >= 0.3 is 0 Å². The van der Waals surface area contributed by atoms with Crippen LogP contribution in [0.3, 0.4) is 0 Å². The Bertz CT molecular complexity index is 809. The lowest BCUT2D eigenvalue weighted by Crippen LogP contribution is -2.12. The third-order valence-corrected chi connectivity index (χ3v) is 5.56. The van der Waals surface area contributed by atoms with Crippen LogP contribution in [-0.4, -0.2) is 40.3 Å². The van der Waals surface area contributed by atoms with E-state index in [0.717, 1.165) is 25.9 Å². The van der Waals surface area contributed by atoms with Crippen LogP contribution in [0.2, 0.25) is 0 Å². The van der Waals surface area contributed by atoms with Crippen molar-refractivity contribution in [1.82, 2.24) is 15.2 Å². The van der Waals surface area contributed by atoms with Crippen molar-refractivity contribution in [2.24, 2.45) is 0 Å². The van der Waals surface area contributed by atoms with Gasteiger partial charge in [0.2, 0.25) is 5.13 Å². The summed E-state index contributed by atoms with van der Waals surface area (Å²) in [6.45, 7) is 1.91. The number of aromatic amines is 1. The molecule has 2 heterocycles. The largest absolute Gasteiger partial charge is 0.360 e. The fourth-order valence-corrected chi connectivity index (χ4v) is 4.11. The summed E-state index contributed by atoms with van der Waals surface area (Å²) < 4.78 is 0.810. The molecule has 0 fully saturated rings. The van der Waals surface area contributed by atoms with E-state index in [0.29, 0.717) is 0 Å². The van der Waals surface area contributed by atoms with Crippen LogP contribution < -0.4 is 4.90 Å². The molecule has 0 amide bonds. The van der Waals surface area contributed by atoms with Gasteiger partial charge in [-0.25, -0.2) is 0 Å². The summed E-state index contributed by atoms with van der Waals surface area (Å²) in [6.07, 6.45) is 1.79. The SMILES string of the molecule is CC(Sc1nnc(N(C)C)s1)C(=O)c1c[nH]c2ccccc12. The van der Waals surface area contributed by atoms with Gasteiger partial charge < -0.3 is 9.88 Å². The molecule has 0 radical (unpaired) electrons. The van der Waals surface area contributed by atoms with Crippen molar-refractivity contribution in [2.75, 3.05) is 19.0 Å². The second kappa shape index (κ2) is 6.10. The smallest absolute Gasteiger partial charge is 0.208 e. The Hall–Kier alpha value is -1.86. The number of fused-ring (bicyclic) bond motifs is 1. The standard InChI is InChI=1S/C15H16N4OS2/c1-9(21-15-18-17-14(22-15)19(2)3)13(20)11-8-16-12-7-5-4-6-10(11)12/h4-9,16H,1-3H3. The highest BCUT2D eigenvalue weighted by Gasteiger charge is 2.21. The molecule has 22 heavy (non-hydrogen) atoms. The lowest BCUT2D eigenvalue weighted by molar-refractivity contribution is 0.0995. The van der Waals surface area contributed by atoms with Gasteiger partial charge in [-0.3, -0.25) is 4.79 Å². The molecule has 3 aromatic rings. The van der Waals surface area contributed by atoms with Gasteiger partial charge in [-0.15, -0.1) is 10.2 Å². The molecule has 0 bridgehead atoms. The Morgan fingerprint density at radius 1 is 1.32 bits per heavy atom. The van der Waals surface area contributed by atoms with Crippen molar-refractivity contribution < 1.29 is 4.79 Å². The number of benzene rings is 1. The predicted octanol–water partition coefficient (Wildman–Crippen LogP) is 3.45. The van der Waals surface area contributed by atoms with Gasteiger partial charge in [-0.05, 0) is 13.0 Å². The molecule has 1 unspecified atom stereocenters. The summed E-state index contributed by atoms with van der Waals surface area (Å²) in [5, 5.41) is 9.83. The Kier molecular flexibility index (Phi) is 4.17. The minimum Gasteiger partial charge on any atom is -0.360 e. The highest BCUT2D eigenvalue weighted by molar-refractivity contribution is 8.02. The number of H-pyrrole nitrogens is 1. The van der Waals surface area contributed by atoms with Crippen LogP contribution >= 0.6 is 23.1 Å². The highest BCUT2D eigenvalue weighted by atomic mass is 32.2. The van der Waals surface area contributed by atoms with E-state index in [-0.39, 0.29) is 11.0 Å². The number of nitrogens with one attached hydrogen (secondary N) is 1. The Balaban J connectivity index is 1.79. The number of hydrogen-bond acceptors (Lipinski definition) is 6. The van der Waals surface area contributed by atoms with Gasteiger partial charge in [0.05, 0.1) is 5.25 Å². The first-order valence-corrected chi connectivity index (χ1v) is 8.53. The van der Waals surface area contributed by atoms with Gasteiger partial charge in [0.25, 0.3) is 0 Å². The average molecular weight is 332 g/mol. The molecular weight excluding hydrogens is 316 g/mol. The molecule has 7 heteroatoms. The number of rotatable bonds is 5. The zero-order valence-corrected chi connectivity index (χ0v) is 14.2. The normalized spacial score (nSPS) is 12.5. The molecule has 0 aliphatic rings. The summed E-state index contributed by atoms with van der Waals surface area (Å²) in [7, 11) is 3.85. The molecule has 0 aliphatic heterocycles. The number of carbonyl (C=O) groups is 1. The van der Waals surface area contributed by atoms with E-state index >= 15 is 0 Å². The summed E-state index contributed by atoms with van der Waals surface area (Å²) in [4.78, 5) is 17.7. The van der Waals surface area contributed by atoms with Crippen molar-refractivity contribution in [1.29, 1.82) is 0 Å². The molecule has 2 aromatic heterocycles. The third-order valence-electron chi connectivity index (χ3n) is 3.28. The number of anilines is 1. The van der Waals surface area contributed by atoms with E-state index in [2.05, 4.69) is 15.2 Å². The van der Waals surface area contributed by atoms with Crippen molar-refractivity contribution in [3.63, 3.8) is 0 Å². The zero-order chi connectivity index (χ0) is 15.7. The maximum absolute atomic E-state index is 12.7. The first kappa shape index (κ1) is 15.1. The second-order valence-corrected chi connectivity index (χ2v) is 7.66. The van der Waals surface area contributed by atoms with Gasteiger partial charge in [0.15, 0.2) is 10.1 Å². The number of nitrogens with zero attached hydrogens (tertiary/aromatic N) is 3. The van der Waals surface area contributed by atoms with Crippen LogP contribution in [0.15, 0.2) is 34.8 Å². The molecule has 0 saturated carbocycles. The Morgan fingerprint density at radius 3 is 2.82 bits per heavy atom. The lowest BCUT2D eigenvalue weighted by atomic mass is 10.1. The molecule has 1 atom stereocenters. The molecule has 5 nitrogen and oxygen atoms in total. The van der Waals surface area contributed by atoms with Crippen molar-refractivity contribution in [3.05, 3.63) is 36.0 Å². The third kappa shape index (κ3) is 2.86. The maximum Gasteiger partial charge on any atom is 0.208 e. The fraction of sp³-hybridized carbons (Fsp3) is 0.267. The van der Waals surface area contributed by atoms with Crippen molar-refractivity contribution in [3.8, 4) is 0 Å². The van der Waals surface area contributed by atoms with Gasteiger partial charge in [0, 0.05) is 36.8 Å². The van der Waals surface area contributed by atoms with Crippen LogP contribution in [0.5, 0.6) is 0 Å². The molecule has 3 rings (SSSR count). The number of hydrogen-bond donors (Lipinski definition) is 1. The van der Waals surface area contributed by atoms with Gasteiger partial charge in [-0.2, -0.15) is 0 Å². The summed E-state index contributed by atoms with van der Waals surface area (Å²) in [5.74, 6) is 0.101. The minimum absolute atomic E-state index is 0.101. The first-order valence-electron chi connectivity index (χ1n) is 6.84. The molecule has 114 valence electrons. The van der Waals surface area contributed by atoms with E-state index in [1.165, 1.54) is 23.1 Å². The quantitative estimate of drug-likeness (QED) is 0.573. The summed E-state index contributed by atoms with van der Waals surface area (Å²) >= 11 is 2.95. The van der Waals surface area contributed by atoms with E-state index in [9.17, 15) is 4.79 Å². The molecule has 0 spiro atoms. The number of ketones is 1. The van der Waals surface area contributed by atoms with Crippen LogP contribution in [0.25, 0.3) is 10.9 Å². The van der Waals surface area contributed by atoms with E-state index < -0.39 is 0 Å². The highest BCUT2D eigenvalue weighted by Crippen LogP contribution is 2.32. The lowest BCUT2D eigenvalue weighted by Gasteiger charge is -2.07. The van der Waals surface area contributed by atoms with Gasteiger partial charge in [0.1, 0.15) is 0 Å². The van der Waals surface area contributed by atoms with E-state index in [1.54, 1.807) is 6.20 Å². The fourth-order valence-electron chi connectivity index (χ4n) is 2.13. The Morgan fingerprint density at radius 2 is 2.09 bits per heavy atom. The van der Waals surface area contributed by atoms with Crippen LogP contribution in [0, 0.1) is 0 Å². The van der Waals surface area contributed by atoms with Crippen LogP contribution in [0.4, 0.5) is 5.13 Å². The van der Waals surface area contributed by atoms with Crippen molar-refractivity contribution in [2.45, 2.75) is 16.5 Å². The summed E-state index contributed by atoms with van der Waals surface area (Å²) in [6, 6.07) is 7.83. The summed E-state index contributed by atoms with van der Waals surface area (Å²) in [5.41, 5.74) is 1.71. The maximum atomic E-state index is 12.7. The van der Waals surface area contributed by atoms with Crippen LogP contribution in [-0.2, 0) is 0 Å². The number of aromatic nitrogens is 3. The molecule has 1 N–H and O–H groups in total. The van der Waals surface area contributed by atoms with Gasteiger partial charge in [-0.1, -0.05) is 41.3 Å².